The number of ether oxygens (including phenoxy) is 1. The Labute approximate surface area is 133 Å². The first kappa shape index (κ1) is 17.6. The Morgan fingerprint density at radius 2 is 1.95 bits per heavy atom. The van der Waals surface area contributed by atoms with E-state index in [1.807, 2.05) is 0 Å². The van der Waals surface area contributed by atoms with Crippen LogP contribution in [0, 0.1) is 0 Å². The van der Waals surface area contributed by atoms with Crippen molar-refractivity contribution in [3.8, 4) is 0 Å². The molecule has 5 nitrogen and oxygen atoms in total. The summed E-state index contributed by atoms with van der Waals surface area (Å²) in [6.45, 7) is 5.08. The van der Waals surface area contributed by atoms with E-state index in [-0.39, 0.29) is 6.42 Å². The molecule has 0 heterocycles. The standard InChI is InChI=1S/C14H17Cl2NO4/c1-14(2,3)21-13(20)17-11(12(18)19)6-8-4-5-9(15)7-10(8)16/h4-5,7,11H,6H2,1-3H3,(H,17,20)(H,18,19). The van der Waals surface area contributed by atoms with Crippen molar-refractivity contribution in [1.29, 1.82) is 0 Å². The van der Waals surface area contributed by atoms with Crippen molar-refractivity contribution < 1.29 is 19.4 Å². The van der Waals surface area contributed by atoms with Crippen LogP contribution in [0.3, 0.4) is 0 Å². The van der Waals surface area contributed by atoms with Gasteiger partial charge in [-0.2, -0.15) is 0 Å². The highest BCUT2D eigenvalue weighted by Crippen LogP contribution is 2.22. The number of rotatable bonds is 4. The number of carbonyl (C=O) groups is 2. The number of benzene rings is 1. The number of halogens is 2. The second kappa shape index (κ2) is 7.00. The highest BCUT2D eigenvalue weighted by atomic mass is 35.5. The van der Waals surface area contributed by atoms with Gasteiger partial charge in [-0.25, -0.2) is 9.59 Å². The number of carboxylic acids is 1. The van der Waals surface area contributed by atoms with Crippen LogP contribution in [0.25, 0.3) is 0 Å². The predicted molar refractivity (Wildman–Crippen MR) is 81.0 cm³/mol. The van der Waals surface area contributed by atoms with Gasteiger partial charge in [-0.1, -0.05) is 29.3 Å². The molecule has 2 N–H and O–H groups in total. The molecule has 1 aromatic carbocycles. The molecule has 1 amide bonds. The number of nitrogens with one attached hydrogen (secondary N) is 1. The molecular weight excluding hydrogens is 317 g/mol. The van der Waals surface area contributed by atoms with Gasteiger partial charge in [-0.15, -0.1) is 0 Å². The third-order valence-electron chi connectivity index (χ3n) is 2.43. The van der Waals surface area contributed by atoms with Crippen LogP contribution < -0.4 is 5.32 Å². The van der Waals surface area contributed by atoms with Crippen LogP contribution in [0.2, 0.25) is 10.0 Å². The first-order valence-corrected chi connectivity index (χ1v) is 7.00. The Morgan fingerprint density at radius 1 is 1.33 bits per heavy atom. The van der Waals surface area contributed by atoms with Gasteiger partial charge in [-0.05, 0) is 38.5 Å². The number of hydrogen-bond acceptors (Lipinski definition) is 3. The number of carbonyl (C=O) groups excluding carboxylic acids is 1. The van der Waals surface area contributed by atoms with E-state index in [9.17, 15) is 14.7 Å². The van der Waals surface area contributed by atoms with Crippen molar-refractivity contribution in [1.82, 2.24) is 5.32 Å². The zero-order valence-electron chi connectivity index (χ0n) is 11.9. The van der Waals surface area contributed by atoms with Gasteiger partial charge in [0.25, 0.3) is 0 Å². The maximum absolute atomic E-state index is 11.7. The van der Waals surface area contributed by atoms with Gasteiger partial charge in [0.2, 0.25) is 0 Å². The summed E-state index contributed by atoms with van der Waals surface area (Å²) in [5.74, 6) is -1.17. The van der Waals surface area contributed by atoms with Crippen molar-refractivity contribution in [3.63, 3.8) is 0 Å². The first-order valence-electron chi connectivity index (χ1n) is 6.25. The highest BCUT2D eigenvalue weighted by molar-refractivity contribution is 6.35. The second-order valence-electron chi connectivity index (χ2n) is 5.48. The molecule has 1 rings (SSSR count). The van der Waals surface area contributed by atoms with Gasteiger partial charge in [-0.3, -0.25) is 0 Å². The molecule has 0 saturated carbocycles. The SMILES string of the molecule is CC(C)(C)OC(=O)NC(Cc1ccc(Cl)cc1Cl)C(=O)O. The van der Waals surface area contributed by atoms with Crippen LogP contribution in [0.1, 0.15) is 26.3 Å². The van der Waals surface area contributed by atoms with E-state index in [0.29, 0.717) is 15.6 Å². The molecule has 0 bridgehead atoms. The molecule has 0 aliphatic carbocycles. The summed E-state index contributed by atoms with van der Waals surface area (Å²) < 4.78 is 5.04. The second-order valence-corrected chi connectivity index (χ2v) is 6.32. The quantitative estimate of drug-likeness (QED) is 0.883. The lowest BCUT2D eigenvalue weighted by molar-refractivity contribution is -0.139. The minimum atomic E-state index is -1.17. The molecule has 1 aromatic rings. The molecule has 1 unspecified atom stereocenters. The van der Waals surface area contributed by atoms with E-state index >= 15 is 0 Å². The Kier molecular flexibility index (Phi) is 5.87. The smallest absolute Gasteiger partial charge is 0.408 e. The zero-order chi connectivity index (χ0) is 16.2. The number of hydrogen-bond donors (Lipinski definition) is 2. The first-order chi connectivity index (χ1) is 9.58. The number of carboxylic acid groups (broad SMARTS) is 1. The minimum Gasteiger partial charge on any atom is -0.480 e. The molecule has 0 aliphatic rings. The number of alkyl carbamates (subject to hydrolysis) is 1. The summed E-state index contributed by atoms with van der Waals surface area (Å²) in [7, 11) is 0. The molecule has 0 spiro atoms. The maximum Gasteiger partial charge on any atom is 0.408 e. The summed E-state index contributed by atoms with van der Waals surface area (Å²) in [5, 5.41) is 12.3. The van der Waals surface area contributed by atoms with Gasteiger partial charge in [0.1, 0.15) is 11.6 Å². The highest BCUT2D eigenvalue weighted by Gasteiger charge is 2.24. The lowest BCUT2D eigenvalue weighted by Crippen LogP contribution is -2.44. The molecule has 21 heavy (non-hydrogen) atoms. The van der Waals surface area contributed by atoms with Crippen molar-refractivity contribution in [2.45, 2.75) is 38.8 Å². The van der Waals surface area contributed by atoms with Gasteiger partial charge in [0.05, 0.1) is 0 Å². The Balaban J connectivity index is 2.79. The van der Waals surface area contributed by atoms with Crippen LogP contribution in [0.5, 0.6) is 0 Å². The Hall–Kier alpha value is -1.46. The summed E-state index contributed by atoms with van der Waals surface area (Å²) >= 11 is 11.8. The van der Waals surface area contributed by atoms with E-state index in [2.05, 4.69) is 5.32 Å². The Morgan fingerprint density at radius 3 is 2.43 bits per heavy atom. The van der Waals surface area contributed by atoms with Gasteiger partial charge >= 0.3 is 12.1 Å². The molecule has 0 aromatic heterocycles. The van der Waals surface area contributed by atoms with Crippen LogP contribution in [0.4, 0.5) is 4.79 Å². The molecule has 116 valence electrons. The third kappa shape index (κ3) is 6.23. The van der Waals surface area contributed by atoms with Gasteiger partial charge < -0.3 is 15.2 Å². The fraction of sp³-hybridized carbons (Fsp3) is 0.429. The lowest BCUT2D eigenvalue weighted by Gasteiger charge is -2.22. The van der Waals surface area contributed by atoms with Crippen molar-refractivity contribution in [2.24, 2.45) is 0 Å². The molecule has 0 saturated heterocycles. The van der Waals surface area contributed by atoms with Gasteiger partial charge in [0.15, 0.2) is 0 Å². The van der Waals surface area contributed by atoms with Crippen molar-refractivity contribution >= 4 is 35.3 Å². The molecule has 0 fully saturated rings. The molecule has 0 aliphatic heterocycles. The van der Waals surface area contributed by atoms with Crippen molar-refractivity contribution in [2.75, 3.05) is 0 Å². The fourth-order valence-electron chi connectivity index (χ4n) is 1.56. The minimum absolute atomic E-state index is 0.0323. The van der Waals surface area contributed by atoms with Gasteiger partial charge in [0, 0.05) is 16.5 Å². The zero-order valence-corrected chi connectivity index (χ0v) is 13.5. The van der Waals surface area contributed by atoms with E-state index in [4.69, 9.17) is 27.9 Å². The van der Waals surface area contributed by atoms with E-state index in [0.717, 1.165) is 0 Å². The third-order valence-corrected chi connectivity index (χ3v) is 3.02. The summed E-state index contributed by atoms with van der Waals surface area (Å²) in [6, 6.07) is 3.61. The largest absolute Gasteiger partial charge is 0.480 e. The fourth-order valence-corrected chi connectivity index (χ4v) is 2.04. The number of amides is 1. The summed E-state index contributed by atoms with van der Waals surface area (Å²) in [4.78, 5) is 22.9. The molecule has 1 atom stereocenters. The number of aliphatic carboxylic acids is 1. The topological polar surface area (TPSA) is 75.6 Å². The molecule has 0 radical (unpaired) electrons. The average Bonchev–Trinajstić information content (AvgIpc) is 2.28. The predicted octanol–water partition coefficient (Wildman–Crippen LogP) is 3.51. The summed E-state index contributed by atoms with van der Waals surface area (Å²) in [5.41, 5.74) is -0.130. The average molecular weight is 334 g/mol. The maximum atomic E-state index is 11.7. The Bertz CT molecular complexity index is 540. The van der Waals surface area contributed by atoms with Crippen molar-refractivity contribution in [3.05, 3.63) is 33.8 Å². The summed E-state index contributed by atoms with van der Waals surface area (Å²) in [6.07, 6.45) is -0.759. The lowest BCUT2D eigenvalue weighted by atomic mass is 10.1. The van der Waals surface area contributed by atoms with Crippen LogP contribution in [0.15, 0.2) is 18.2 Å². The monoisotopic (exact) mass is 333 g/mol. The molecule has 7 heteroatoms. The van der Waals surface area contributed by atoms with E-state index < -0.39 is 23.7 Å². The van der Waals surface area contributed by atoms with Crippen LogP contribution in [-0.2, 0) is 16.0 Å². The molecular formula is C14H17Cl2NO4. The van der Waals surface area contributed by atoms with E-state index in [1.165, 1.54) is 6.07 Å². The van der Waals surface area contributed by atoms with Crippen LogP contribution >= 0.6 is 23.2 Å². The van der Waals surface area contributed by atoms with E-state index in [1.54, 1.807) is 32.9 Å². The normalized spacial score (nSPS) is 12.6. The van der Waals surface area contributed by atoms with Crippen LogP contribution in [-0.4, -0.2) is 28.8 Å².